The SMILES string of the molecule is COC(=O)CCCCCCCCCCO[N+](=O)[O-]. The maximum atomic E-state index is 10.8. The third kappa shape index (κ3) is 12.7. The highest BCUT2D eigenvalue weighted by molar-refractivity contribution is 5.68. The highest BCUT2D eigenvalue weighted by Gasteiger charge is 1.99. The highest BCUT2D eigenvalue weighted by Crippen LogP contribution is 2.10. The second kappa shape index (κ2) is 12.1. The molecule has 6 heteroatoms. The van der Waals surface area contributed by atoms with Crippen molar-refractivity contribution in [3.8, 4) is 0 Å². The first-order chi connectivity index (χ1) is 8.66. The van der Waals surface area contributed by atoms with E-state index in [1.54, 1.807) is 0 Å². The average molecular weight is 261 g/mol. The number of methoxy groups -OCH3 is 1. The van der Waals surface area contributed by atoms with Crippen LogP contribution in [0.4, 0.5) is 0 Å². The van der Waals surface area contributed by atoms with Gasteiger partial charge >= 0.3 is 5.97 Å². The molecule has 0 N–H and O–H groups in total. The van der Waals surface area contributed by atoms with E-state index in [0.717, 1.165) is 51.4 Å². The zero-order chi connectivity index (χ0) is 13.6. The van der Waals surface area contributed by atoms with E-state index < -0.39 is 5.09 Å². The molecule has 0 aromatic carbocycles. The summed E-state index contributed by atoms with van der Waals surface area (Å²) in [5, 5.41) is 9.11. The predicted octanol–water partition coefficient (Wildman–Crippen LogP) is 2.88. The quantitative estimate of drug-likeness (QED) is 0.233. The van der Waals surface area contributed by atoms with E-state index in [4.69, 9.17) is 0 Å². The van der Waals surface area contributed by atoms with Crippen LogP contribution in [0.15, 0.2) is 0 Å². The highest BCUT2D eigenvalue weighted by atomic mass is 16.9. The molecule has 106 valence electrons. The molecule has 0 rings (SSSR count). The van der Waals surface area contributed by atoms with Gasteiger partial charge in [-0.2, -0.15) is 0 Å². The van der Waals surface area contributed by atoms with Crippen molar-refractivity contribution in [2.24, 2.45) is 0 Å². The Morgan fingerprint density at radius 2 is 1.50 bits per heavy atom. The van der Waals surface area contributed by atoms with Gasteiger partial charge in [-0.1, -0.05) is 38.5 Å². The number of hydrogen-bond donors (Lipinski definition) is 0. The molecule has 0 radical (unpaired) electrons. The van der Waals surface area contributed by atoms with E-state index in [1.807, 2.05) is 0 Å². The zero-order valence-electron chi connectivity index (χ0n) is 11.1. The lowest BCUT2D eigenvalue weighted by Gasteiger charge is -2.02. The van der Waals surface area contributed by atoms with Crippen molar-refractivity contribution in [1.29, 1.82) is 0 Å². The molecule has 0 spiro atoms. The Bertz CT molecular complexity index is 233. The maximum Gasteiger partial charge on any atom is 0.305 e. The Hall–Kier alpha value is -1.33. The van der Waals surface area contributed by atoms with E-state index in [-0.39, 0.29) is 12.6 Å². The van der Waals surface area contributed by atoms with Crippen molar-refractivity contribution in [2.75, 3.05) is 13.7 Å². The van der Waals surface area contributed by atoms with Gasteiger partial charge in [0.1, 0.15) is 0 Å². The summed E-state index contributed by atoms with van der Waals surface area (Å²) in [6.07, 6.45) is 8.66. The number of carbonyl (C=O) groups is 1. The summed E-state index contributed by atoms with van der Waals surface area (Å²) in [7, 11) is 1.41. The molecule has 0 unspecified atom stereocenters. The van der Waals surface area contributed by atoms with Crippen molar-refractivity contribution in [3.05, 3.63) is 10.1 Å². The first-order valence-electron chi connectivity index (χ1n) is 6.51. The monoisotopic (exact) mass is 261 g/mol. The Kier molecular flexibility index (Phi) is 11.2. The van der Waals surface area contributed by atoms with Gasteiger partial charge in [0.25, 0.3) is 5.09 Å². The standard InChI is InChI=1S/C12H23NO5/c1-17-12(14)10-8-6-4-2-3-5-7-9-11-18-13(15)16/h2-11H2,1H3. The molecular weight excluding hydrogens is 238 g/mol. The molecule has 0 amide bonds. The van der Waals surface area contributed by atoms with Crippen molar-refractivity contribution in [1.82, 2.24) is 0 Å². The lowest BCUT2D eigenvalue weighted by molar-refractivity contribution is -0.757. The van der Waals surface area contributed by atoms with Crippen LogP contribution in [0.2, 0.25) is 0 Å². The Morgan fingerprint density at radius 1 is 1.00 bits per heavy atom. The van der Waals surface area contributed by atoms with E-state index in [2.05, 4.69) is 9.57 Å². The largest absolute Gasteiger partial charge is 0.469 e. The minimum Gasteiger partial charge on any atom is -0.469 e. The zero-order valence-corrected chi connectivity index (χ0v) is 11.1. The summed E-state index contributed by atoms with van der Waals surface area (Å²) in [6.45, 7) is 0.201. The predicted molar refractivity (Wildman–Crippen MR) is 66.5 cm³/mol. The van der Waals surface area contributed by atoms with Crippen LogP contribution in [-0.2, 0) is 14.4 Å². The summed E-state index contributed by atoms with van der Waals surface area (Å²) in [5.41, 5.74) is 0. The maximum absolute atomic E-state index is 10.8. The first-order valence-corrected chi connectivity index (χ1v) is 6.51. The summed E-state index contributed by atoms with van der Waals surface area (Å²) < 4.78 is 4.55. The van der Waals surface area contributed by atoms with Gasteiger partial charge < -0.3 is 9.57 Å². The van der Waals surface area contributed by atoms with Gasteiger partial charge in [-0.15, -0.1) is 10.1 Å². The molecule has 0 heterocycles. The third-order valence-corrected chi connectivity index (χ3v) is 2.70. The van der Waals surface area contributed by atoms with Crippen molar-refractivity contribution in [2.45, 2.75) is 57.8 Å². The molecule has 0 atom stereocenters. The molecule has 0 fully saturated rings. The molecule has 0 aliphatic heterocycles. The van der Waals surface area contributed by atoms with Gasteiger partial charge in [0.15, 0.2) is 0 Å². The van der Waals surface area contributed by atoms with Gasteiger partial charge in [0.05, 0.1) is 13.7 Å². The van der Waals surface area contributed by atoms with E-state index in [9.17, 15) is 14.9 Å². The van der Waals surface area contributed by atoms with E-state index in [1.165, 1.54) is 7.11 Å². The van der Waals surface area contributed by atoms with Gasteiger partial charge in [0, 0.05) is 6.42 Å². The summed E-state index contributed by atoms with van der Waals surface area (Å²) in [6, 6.07) is 0. The molecule has 0 aromatic rings. The first kappa shape index (κ1) is 16.7. The number of carbonyl (C=O) groups excluding carboxylic acids is 1. The van der Waals surface area contributed by atoms with Crippen LogP contribution >= 0.6 is 0 Å². The fraction of sp³-hybridized carbons (Fsp3) is 0.917. The lowest BCUT2D eigenvalue weighted by atomic mass is 10.1. The van der Waals surface area contributed by atoms with Crippen LogP contribution in [0.25, 0.3) is 0 Å². The number of esters is 1. The Balaban J connectivity index is 3.03. The van der Waals surface area contributed by atoms with E-state index >= 15 is 0 Å². The van der Waals surface area contributed by atoms with Crippen LogP contribution in [0.3, 0.4) is 0 Å². The van der Waals surface area contributed by atoms with Gasteiger partial charge in [-0.05, 0) is 12.8 Å². The molecule has 0 aliphatic rings. The smallest absolute Gasteiger partial charge is 0.305 e. The number of rotatable bonds is 12. The van der Waals surface area contributed by atoms with Crippen molar-refractivity contribution in [3.63, 3.8) is 0 Å². The van der Waals surface area contributed by atoms with E-state index in [0.29, 0.717) is 6.42 Å². The average Bonchev–Trinajstić information content (AvgIpc) is 2.35. The summed E-state index contributed by atoms with van der Waals surface area (Å²) in [5.74, 6) is -0.138. The number of hydrogen-bond acceptors (Lipinski definition) is 5. The molecule has 0 aromatic heterocycles. The lowest BCUT2D eigenvalue weighted by Crippen LogP contribution is -2.01. The van der Waals surface area contributed by atoms with Crippen LogP contribution in [0.1, 0.15) is 57.8 Å². The van der Waals surface area contributed by atoms with Crippen molar-refractivity contribution >= 4 is 5.97 Å². The van der Waals surface area contributed by atoms with Crippen molar-refractivity contribution < 1.29 is 19.5 Å². The minimum absolute atomic E-state index is 0.138. The Labute approximate surface area is 108 Å². The number of unbranched alkanes of at least 4 members (excludes halogenated alkanes) is 7. The van der Waals surface area contributed by atoms with Crippen LogP contribution in [0.5, 0.6) is 0 Å². The topological polar surface area (TPSA) is 78.7 Å². The van der Waals surface area contributed by atoms with Crippen LogP contribution < -0.4 is 0 Å². The van der Waals surface area contributed by atoms with Gasteiger partial charge in [-0.3, -0.25) is 4.79 Å². The van der Waals surface area contributed by atoms with Gasteiger partial charge in [-0.25, -0.2) is 0 Å². The molecule has 0 bridgehead atoms. The summed E-state index contributed by atoms with van der Waals surface area (Å²) in [4.78, 5) is 24.9. The second-order valence-corrected chi connectivity index (χ2v) is 4.21. The molecular formula is C12H23NO5. The second-order valence-electron chi connectivity index (χ2n) is 4.21. The number of ether oxygens (including phenoxy) is 1. The fourth-order valence-electron chi connectivity index (χ4n) is 1.67. The molecule has 0 saturated heterocycles. The minimum atomic E-state index is -0.749. The Morgan fingerprint density at radius 3 is 2.00 bits per heavy atom. The molecule has 18 heavy (non-hydrogen) atoms. The van der Waals surface area contributed by atoms with Gasteiger partial charge in [0.2, 0.25) is 0 Å². The van der Waals surface area contributed by atoms with Crippen LogP contribution in [-0.4, -0.2) is 24.8 Å². The molecule has 0 aliphatic carbocycles. The third-order valence-electron chi connectivity index (χ3n) is 2.70. The molecule has 0 saturated carbocycles. The number of nitrogens with zero attached hydrogens (tertiary/aromatic N) is 1. The fourth-order valence-corrected chi connectivity index (χ4v) is 1.67. The van der Waals surface area contributed by atoms with Crippen LogP contribution in [0, 0.1) is 10.1 Å². The molecule has 6 nitrogen and oxygen atoms in total. The normalized spacial score (nSPS) is 10.1. The summed E-state index contributed by atoms with van der Waals surface area (Å²) >= 11 is 0.